The van der Waals surface area contributed by atoms with Crippen LogP contribution in [0, 0.1) is 11.3 Å². The molecule has 1 saturated carbocycles. The molecule has 0 amide bonds. The second kappa shape index (κ2) is 3.29. The highest BCUT2D eigenvalue weighted by atomic mass is 16.5. The Morgan fingerprint density at radius 1 is 1.54 bits per heavy atom. The number of carbonyl (C=O) groups is 1. The summed E-state index contributed by atoms with van der Waals surface area (Å²) in [6, 6.07) is 0. The topological polar surface area (TPSA) is 38.3 Å². The van der Waals surface area contributed by atoms with E-state index in [-0.39, 0.29) is 11.4 Å². The van der Waals surface area contributed by atoms with E-state index in [9.17, 15) is 4.79 Å². The zero-order chi connectivity index (χ0) is 9.31. The third-order valence-electron chi connectivity index (χ3n) is 3.69. The first-order chi connectivity index (χ1) is 6.29. The van der Waals surface area contributed by atoms with Crippen LogP contribution in [-0.4, -0.2) is 26.2 Å². The van der Waals surface area contributed by atoms with Crippen LogP contribution in [0.3, 0.4) is 0 Å². The average molecular weight is 183 g/mol. The Morgan fingerprint density at radius 3 is 3.15 bits per heavy atom. The van der Waals surface area contributed by atoms with Crippen LogP contribution in [0.4, 0.5) is 0 Å². The third kappa shape index (κ3) is 1.26. The molecule has 2 unspecified atom stereocenters. The van der Waals surface area contributed by atoms with Crippen LogP contribution < -0.4 is 5.32 Å². The molecule has 1 saturated heterocycles. The maximum atomic E-state index is 11.7. The number of hydrogen-bond donors (Lipinski definition) is 1. The van der Waals surface area contributed by atoms with Crippen molar-refractivity contribution >= 4 is 5.97 Å². The molecule has 2 rings (SSSR count). The van der Waals surface area contributed by atoms with Gasteiger partial charge in [0.1, 0.15) is 0 Å². The zero-order valence-electron chi connectivity index (χ0n) is 8.14. The quantitative estimate of drug-likeness (QED) is 0.615. The lowest BCUT2D eigenvalue weighted by Crippen LogP contribution is -2.47. The van der Waals surface area contributed by atoms with Crippen molar-refractivity contribution in [1.82, 2.24) is 5.32 Å². The van der Waals surface area contributed by atoms with E-state index in [0.717, 1.165) is 25.9 Å². The van der Waals surface area contributed by atoms with Crippen molar-refractivity contribution in [3.05, 3.63) is 0 Å². The molecule has 3 heteroatoms. The fourth-order valence-electron chi connectivity index (χ4n) is 2.93. The molecule has 1 N–H and O–H groups in total. The van der Waals surface area contributed by atoms with Gasteiger partial charge in [-0.25, -0.2) is 0 Å². The predicted molar refractivity (Wildman–Crippen MR) is 49.3 cm³/mol. The van der Waals surface area contributed by atoms with Gasteiger partial charge in [0.05, 0.1) is 12.5 Å². The molecule has 0 radical (unpaired) electrons. The van der Waals surface area contributed by atoms with Gasteiger partial charge in [0.2, 0.25) is 0 Å². The van der Waals surface area contributed by atoms with E-state index in [1.54, 1.807) is 0 Å². The molecular weight excluding hydrogens is 166 g/mol. The molecule has 0 spiro atoms. The maximum absolute atomic E-state index is 11.7. The molecule has 1 heterocycles. The van der Waals surface area contributed by atoms with Gasteiger partial charge in [-0.05, 0) is 38.3 Å². The highest BCUT2D eigenvalue weighted by molar-refractivity contribution is 5.77. The first kappa shape index (κ1) is 9.00. The summed E-state index contributed by atoms with van der Waals surface area (Å²) in [6.07, 6.45) is 4.36. The van der Waals surface area contributed by atoms with Crippen LogP contribution in [0.15, 0.2) is 0 Å². The normalized spacial score (nSPS) is 38.4. The standard InChI is InChI=1S/C10H17NO2/c1-13-9(12)10-4-2-3-8(10)7-11-6-5-10/h8,11H,2-7H2,1H3. The molecule has 2 aliphatic rings. The Hall–Kier alpha value is -0.570. The van der Waals surface area contributed by atoms with E-state index in [4.69, 9.17) is 4.74 Å². The van der Waals surface area contributed by atoms with Gasteiger partial charge in [0.15, 0.2) is 0 Å². The Kier molecular flexibility index (Phi) is 2.28. The van der Waals surface area contributed by atoms with E-state index in [1.165, 1.54) is 20.0 Å². The number of methoxy groups -OCH3 is 1. The van der Waals surface area contributed by atoms with E-state index in [2.05, 4.69) is 5.32 Å². The molecule has 0 bridgehead atoms. The number of fused-ring (bicyclic) bond motifs is 1. The number of carbonyl (C=O) groups excluding carboxylic acids is 1. The SMILES string of the molecule is COC(=O)C12CCCC1CNCC2. The molecule has 13 heavy (non-hydrogen) atoms. The van der Waals surface area contributed by atoms with Crippen LogP contribution in [0.25, 0.3) is 0 Å². The summed E-state index contributed by atoms with van der Waals surface area (Å²) in [4.78, 5) is 11.7. The summed E-state index contributed by atoms with van der Waals surface area (Å²) >= 11 is 0. The van der Waals surface area contributed by atoms with Crippen LogP contribution in [-0.2, 0) is 9.53 Å². The molecule has 2 atom stereocenters. The maximum Gasteiger partial charge on any atom is 0.312 e. The molecule has 1 aliphatic carbocycles. The fourth-order valence-corrected chi connectivity index (χ4v) is 2.93. The van der Waals surface area contributed by atoms with Gasteiger partial charge in [-0.2, -0.15) is 0 Å². The van der Waals surface area contributed by atoms with Crippen molar-refractivity contribution in [2.75, 3.05) is 20.2 Å². The first-order valence-corrected chi connectivity index (χ1v) is 5.09. The van der Waals surface area contributed by atoms with Crippen molar-refractivity contribution < 1.29 is 9.53 Å². The summed E-state index contributed by atoms with van der Waals surface area (Å²) in [7, 11) is 1.51. The fraction of sp³-hybridized carbons (Fsp3) is 0.900. The molecule has 2 fully saturated rings. The first-order valence-electron chi connectivity index (χ1n) is 5.09. The van der Waals surface area contributed by atoms with Gasteiger partial charge in [-0.15, -0.1) is 0 Å². The van der Waals surface area contributed by atoms with E-state index in [0.29, 0.717) is 5.92 Å². The van der Waals surface area contributed by atoms with Crippen LogP contribution in [0.2, 0.25) is 0 Å². The second-order valence-corrected chi connectivity index (χ2v) is 4.19. The number of rotatable bonds is 1. The number of nitrogens with one attached hydrogen (secondary N) is 1. The number of hydrogen-bond acceptors (Lipinski definition) is 3. The molecule has 1 aliphatic heterocycles. The molecule has 3 nitrogen and oxygen atoms in total. The minimum atomic E-state index is -0.125. The smallest absolute Gasteiger partial charge is 0.312 e. The van der Waals surface area contributed by atoms with Gasteiger partial charge >= 0.3 is 5.97 Å². The second-order valence-electron chi connectivity index (χ2n) is 4.19. The lowest BCUT2D eigenvalue weighted by Gasteiger charge is -2.37. The summed E-state index contributed by atoms with van der Waals surface area (Å²) in [5, 5.41) is 3.35. The summed E-state index contributed by atoms with van der Waals surface area (Å²) in [6.45, 7) is 1.96. The van der Waals surface area contributed by atoms with Gasteiger partial charge < -0.3 is 10.1 Å². The average Bonchev–Trinajstić information content (AvgIpc) is 2.61. The highest BCUT2D eigenvalue weighted by Gasteiger charge is 2.50. The highest BCUT2D eigenvalue weighted by Crippen LogP contribution is 2.47. The van der Waals surface area contributed by atoms with E-state index < -0.39 is 0 Å². The van der Waals surface area contributed by atoms with Crippen LogP contribution in [0.5, 0.6) is 0 Å². The van der Waals surface area contributed by atoms with E-state index >= 15 is 0 Å². The summed E-state index contributed by atoms with van der Waals surface area (Å²) in [5.74, 6) is 0.546. The number of ether oxygens (including phenoxy) is 1. The summed E-state index contributed by atoms with van der Waals surface area (Å²) in [5.41, 5.74) is -0.125. The minimum Gasteiger partial charge on any atom is -0.469 e. The molecule has 0 aromatic heterocycles. The molecule has 0 aromatic carbocycles. The Balaban J connectivity index is 2.20. The zero-order valence-corrected chi connectivity index (χ0v) is 8.14. The third-order valence-corrected chi connectivity index (χ3v) is 3.69. The Labute approximate surface area is 78.8 Å². The van der Waals surface area contributed by atoms with Gasteiger partial charge in [-0.1, -0.05) is 6.42 Å². The number of piperidine rings is 1. The lowest BCUT2D eigenvalue weighted by molar-refractivity contribution is -0.156. The van der Waals surface area contributed by atoms with Crippen molar-refractivity contribution in [2.45, 2.75) is 25.7 Å². The van der Waals surface area contributed by atoms with Crippen molar-refractivity contribution in [3.63, 3.8) is 0 Å². The minimum absolute atomic E-state index is 0.0245. The van der Waals surface area contributed by atoms with Crippen molar-refractivity contribution in [1.29, 1.82) is 0 Å². The predicted octanol–water partition coefficient (Wildman–Crippen LogP) is 0.939. The molecule has 0 aromatic rings. The Morgan fingerprint density at radius 2 is 2.38 bits per heavy atom. The van der Waals surface area contributed by atoms with Gasteiger partial charge in [0, 0.05) is 0 Å². The molecule has 74 valence electrons. The van der Waals surface area contributed by atoms with Crippen LogP contribution in [0.1, 0.15) is 25.7 Å². The lowest BCUT2D eigenvalue weighted by atomic mass is 9.73. The monoisotopic (exact) mass is 183 g/mol. The van der Waals surface area contributed by atoms with Crippen molar-refractivity contribution in [3.8, 4) is 0 Å². The van der Waals surface area contributed by atoms with Gasteiger partial charge in [0.25, 0.3) is 0 Å². The molecular formula is C10H17NO2. The Bertz CT molecular complexity index is 217. The number of esters is 1. The largest absolute Gasteiger partial charge is 0.469 e. The van der Waals surface area contributed by atoms with E-state index in [1.807, 2.05) is 0 Å². The van der Waals surface area contributed by atoms with Crippen molar-refractivity contribution in [2.24, 2.45) is 11.3 Å². The van der Waals surface area contributed by atoms with Crippen LogP contribution >= 0.6 is 0 Å². The van der Waals surface area contributed by atoms with Gasteiger partial charge in [-0.3, -0.25) is 4.79 Å². The summed E-state index contributed by atoms with van der Waals surface area (Å²) < 4.78 is 4.93.